The number of nitrogens with zero attached hydrogens (tertiary/aromatic N) is 2. The molecule has 0 aliphatic carbocycles. The van der Waals surface area contributed by atoms with Crippen LogP contribution in [0.2, 0.25) is 0 Å². The number of ether oxygens (including phenoxy) is 1. The molecule has 1 aliphatic heterocycles. The molecule has 1 fully saturated rings. The molecule has 1 aliphatic rings. The molecule has 0 atom stereocenters. The second-order valence-electron chi connectivity index (χ2n) is 6.78. The van der Waals surface area contributed by atoms with Crippen LogP contribution in [0.15, 0.2) is 27.8 Å². The fourth-order valence-electron chi connectivity index (χ4n) is 2.98. The zero-order chi connectivity index (χ0) is 17.7. The summed E-state index contributed by atoms with van der Waals surface area (Å²) in [7, 11) is 1.71. The fourth-order valence-corrected chi connectivity index (χ4v) is 2.98. The van der Waals surface area contributed by atoms with Gasteiger partial charge in [0.05, 0.1) is 12.9 Å². The van der Waals surface area contributed by atoms with Gasteiger partial charge in [-0.1, -0.05) is 6.92 Å². The third-order valence-electron chi connectivity index (χ3n) is 4.62. The summed E-state index contributed by atoms with van der Waals surface area (Å²) in [6.45, 7) is 9.06. The van der Waals surface area contributed by atoms with E-state index in [4.69, 9.17) is 14.1 Å². The lowest BCUT2D eigenvalue weighted by atomic mass is 9.99. The molecular weight excluding hydrogens is 443 g/mol. The Bertz CT molecular complexity index is 474. The summed E-state index contributed by atoms with van der Waals surface area (Å²) >= 11 is 0. The van der Waals surface area contributed by atoms with E-state index < -0.39 is 0 Å². The van der Waals surface area contributed by atoms with Crippen LogP contribution in [0.5, 0.6) is 0 Å². The molecule has 1 saturated heterocycles. The van der Waals surface area contributed by atoms with Gasteiger partial charge in [-0.15, -0.1) is 24.0 Å². The van der Waals surface area contributed by atoms with E-state index in [9.17, 15) is 0 Å². The van der Waals surface area contributed by atoms with E-state index in [-0.39, 0.29) is 24.0 Å². The van der Waals surface area contributed by atoms with Crippen molar-refractivity contribution in [2.24, 2.45) is 10.9 Å². The molecule has 26 heavy (non-hydrogen) atoms. The molecular formula is C19H35IN4O2. The summed E-state index contributed by atoms with van der Waals surface area (Å²) in [4.78, 5) is 7.26. The van der Waals surface area contributed by atoms with Gasteiger partial charge in [-0.3, -0.25) is 4.99 Å². The number of likely N-dealkylation sites (tertiary alicyclic amines) is 1. The topological polar surface area (TPSA) is 62.0 Å². The lowest BCUT2D eigenvalue weighted by Crippen LogP contribution is -2.40. The molecule has 1 aromatic rings. The highest BCUT2D eigenvalue weighted by molar-refractivity contribution is 14.0. The van der Waals surface area contributed by atoms with Crippen molar-refractivity contribution in [2.75, 3.05) is 53.0 Å². The van der Waals surface area contributed by atoms with Crippen molar-refractivity contribution in [3.63, 3.8) is 0 Å². The van der Waals surface area contributed by atoms with E-state index in [1.165, 1.54) is 25.9 Å². The predicted octanol–water partition coefficient (Wildman–Crippen LogP) is 2.74. The van der Waals surface area contributed by atoms with Crippen molar-refractivity contribution < 1.29 is 9.15 Å². The van der Waals surface area contributed by atoms with E-state index in [0.29, 0.717) is 6.61 Å². The first-order chi connectivity index (χ1) is 12.3. The summed E-state index contributed by atoms with van der Waals surface area (Å²) in [5.41, 5.74) is 0. The van der Waals surface area contributed by atoms with Gasteiger partial charge in [0.15, 0.2) is 5.96 Å². The minimum absolute atomic E-state index is 0. The minimum atomic E-state index is 0. The Labute approximate surface area is 175 Å². The van der Waals surface area contributed by atoms with Crippen molar-refractivity contribution in [2.45, 2.75) is 32.6 Å². The van der Waals surface area contributed by atoms with Crippen molar-refractivity contribution >= 4 is 29.9 Å². The van der Waals surface area contributed by atoms with E-state index in [1.807, 2.05) is 12.1 Å². The van der Waals surface area contributed by atoms with E-state index >= 15 is 0 Å². The Balaban J connectivity index is 0.00000338. The van der Waals surface area contributed by atoms with Gasteiger partial charge in [-0.25, -0.2) is 0 Å². The van der Waals surface area contributed by atoms with Crippen LogP contribution in [0.25, 0.3) is 0 Å². The molecule has 6 nitrogen and oxygen atoms in total. The molecule has 0 amide bonds. The second kappa shape index (κ2) is 14.3. The van der Waals surface area contributed by atoms with E-state index in [1.54, 1.807) is 13.4 Å². The van der Waals surface area contributed by atoms with Crippen LogP contribution in [0.4, 0.5) is 0 Å². The second-order valence-corrected chi connectivity index (χ2v) is 6.78. The molecule has 2 heterocycles. The molecule has 0 aromatic carbocycles. The number of rotatable bonds is 10. The van der Waals surface area contributed by atoms with Crippen LogP contribution in [0, 0.1) is 5.92 Å². The zero-order valence-electron chi connectivity index (χ0n) is 16.2. The number of piperidine rings is 1. The van der Waals surface area contributed by atoms with Gasteiger partial charge in [-0.05, 0) is 56.9 Å². The summed E-state index contributed by atoms with van der Waals surface area (Å²) in [6, 6.07) is 3.92. The van der Waals surface area contributed by atoms with Crippen LogP contribution in [0.3, 0.4) is 0 Å². The number of nitrogens with one attached hydrogen (secondary N) is 2. The average Bonchev–Trinajstić information content (AvgIpc) is 3.13. The standard InChI is InChI=1S/C19H34N4O2.HI/c1-17-7-13-23(14-8-17)12-4-9-20-19(22-11-16-24-2)21-10-6-18-5-3-15-25-18;/h3,5,15,17H,4,6-14,16H2,1-2H3,(H2,20,21,22);1H. The molecule has 0 saturated carbocycles. The minimum Gasteiger partial charge on any atom is -0.469 e. The highest BCUT2D eigenvalue weighted by Gasteiger charge is 2.14. The van der Waals surface area contributed by atoms with E-state index in [2.05, 4.69) is 22.5 Å². The lowest BCUT2D eigenvalue weighted by molar-refractivity contribution is 0.191. The van der Waals surface area contributed by atoms with Crippen molar-refractivity contribution in [3.8, 4) is 0 Å². The first kappa shape index (κ1) is 23.2. The van der Waals surface area contributed by atoms with Crippen molar-refractivity contribution in [3.05, 3.63) is 24.2 Å². The molecule has 0 spiro atoms. The van der Waals surface area contributed by atoms with Crippen molar-refractivity contribution in [1.29, 1.82) is 0 Å². The molecule has 0 unspecified atom stereocenters. The van der Waals surface area contributed by atoms with Crippen LogP contribution in [0.1, 0.15) is 31.9 Å². The molecule has 2 N–H and O–H groups in total. The third kappa shape index (κ3) is 9.78. The van der Waals surface area contributed by atoms with Gasteiger partial charge < -0.3 is 24.7 Å². The normalized spacial score (nSPS) is 16.3. The molecule has 7 heteroatoms. The number of aliphatic imine (C=N–C) groups is 1. The van der Waals surface area contributed by atoms with Gasteiger partial charge in [0.2, 0.25) is 0 Å². The molecule has 0 bridgehead atoms. The van der Waals surface area contributed by atoms with Gasteiger partial charge in [0, 0.05) is 33.2 Å². The number of hydrogen-bond acceptors (Lipinski definition) is 4. The van der Waals surface area contributed by atoms with Gasteiger partial charge >= 0.3 is 0 Å². The molecule has 2 rings (SSSR count). The number of methoxy groups -OCH3 is 1. The Morgan fingerprint density at radius 2 is 2.08 bits per heavy atom. The summed E-state index contributed by atoms with van der Waals surface area (Å²) in [5, 5.41) is 6.69. The van der Waals surface area contributed by atoms with Gasteiger partial charge in [-0.2, -0.15) is 0 Å². The van der Waals surface area contributed by atoms with Crippen molar-refractivity contribution in [1.82, 2.24) is 15.5 Å². The highest BCUT2D eigenvalue weighted by atomic mass is 127. The Kier molecular flexibility index (Phi) is 12.8. The largest absolute Gasteiger partial charge is 0.469 e. The van der Waals surface area contributed by atoms with Crippen LogP contribution < -0.4 is 10.6 Å². The molecule has 1 aromatic heterocycles. The van der Waals surface area contributed by atoms with Gasteiger partial charge in [0.25, 0.3) is 0 Å². The average molecular weight is 478 g/mol. The first-order valence-electron chi connectivity index (χ1n) is 9.54. The third-order valence-corrected chi connectivity index (χ3v) is 4.62. The smallest absolute Gasteiger partial charge is 0.191 e. The summed E-state index contributed by atoms with van der Waals surface area (Å²) < 4.78 is 10.5. The highest BCUT2D eigenvalue weighted by Crippen LogP contribution is 2.15. The number of halogens is 1. The lowest BCUT2D eigenvalue weighted by Gasteiger charge is -2.29. The molecule has 150 valence electrons. The number of furan rings is 1. The maximum atomic E-state index is 5.36. The number of hydrogen-bond donors (Lipinski definition) is 2. The Hall–Kier alpha value is -0.800. The maximum absolute atomic E-state index is 5.36. The SMILES string of the molecule is COCCNC(=NCCCN1CCC(C)CC1)NCCc1ccco1.I. The maximum Gasteiger partial charge on any atom is 0.191 e. The number of guanidine groups is 1. The Morgan fingerprint density at radius 1 is 1.31 bits per heavy atom. The summed E-state index contributed by atoms with van der Waals surface area (Å²) in [5.74, 6) is 2.74. The molecule has 0 radical (unpaired) electrons. The quantitative estimate of drug-likeness (QED) is 0.235. The first-order valence-corrected chi connectivity index (χ1v) is 9.54. The monoisotopic (exact) mass is 478 g/mol. The summed E-state index contributed by atoms with van der Waals surface area (Å²) in [6.07, 6.45) is 6.33. The van der Waals surface area contributed by atoms with E-state index in [0.717, 1.165) is 56.7 Å². The zero-order valence-corrected chi connectivity index (χ0v) is 18.5. The van der Waals surface area contributed by atoms with Gasteiger partial charge in [0.1, 0.15) is 5.76 Å². The van der Waals surface area contributed by atoms with Crippen LogP contribution >= 0.6 is 24.0 Å². The van der Waals surface area contributed by atoms with Crippen LogP contribution in [-0.2, 0) is 11.2 Å². The predicted molar refractivity (Wildman–Crippen MR) is 117 cm³/mol. The Morgan fingerprint density at radius 3 is 2.77 bits per heavy atom. The van der Waals surface area contributed by atoms with Crippen LogP contribution in [-0.4, -0.2) is 63.8 Å². The fraction of sp³-hybridized carbons (Fsp3) is 0.737.